The van der Waals surface area contributed by atoms with Crippen LogP contribution in [0.15, 0.2) is 45.9 Å². The van der Waals surface area contributed by atoms with Crippen LogP contribution in [-0.4, -0.2) is 45.8 Å². The predicted octanol–water partition coefficient (Wildman–Crippen LogP) is 2.72. The summed E-state index contributed by atoms with van der Waals surface area (Å²) in [4.78, 5) is 14.2. The van der Waals surface area contributed by atoms with Gasteiger partial charge in [-0.25, -0.2) is 13.2 Å². The van der Waals surface area contributed by atoms with E-state index in [2.05, 4.69) is 5.32 Å². The van der Waals surface area contributed by atoms with Gasteiger partial charge in [-0.05, 0) is 43.5 Å². The smallest absolute Gasteiger partial charge is 0.317 e. The molecule has 150 valence electrons. The van der Waals surface area contributed by atoms with Crippen LogP contribution in [0, 0.1) is 0 Å². The van der Waals surface area contributed by atoms with E-state index in [4.69, 9.17) is 13.9 Å². The van der Waals surface area contributed by atoms with Gasteiger partial charge in [0.1, 0.15) is 11.0 Å². The summed E-state index contributed by atoms with van der Waals surface area (Å²) in [5, 5.41) is 1.72. The fourth-order valence-corrected chi connectivity index (χ4v) is 5.04. The van der Waals surface area contributed by atoms with Gasteiger partial charge in [-0.2, -0.15) is 0 Å². The molecular weight excluding hydrogens is 384 g/mol. The van der Waals surface area contributed by atoms with Gasteiger partial charge in [0.05, 0.1) is 11.2 Å². The second-order valence-electron chi connectivity index (χ2n) is 6.80. The van der Waals surface area contributed by atoms with Gasteiger partial charge in [0.2, 0.25) is 6.79 Å². The number of hydrogen-bond acceptors (Lipinski definition) is 6. The first-order chi connectivity index (χ1) is 13.6. The molecule has 28 heavy (non-hydrogen) atoms. The zero-order valence-corrected chi connectivity index (χ0v) is 16.1. The number of carbonyl (C=O) groups is 1. The van der Waals surface area contributed by atoms with E-state index in [1.807, 2.05) is 0 Å². The Labute approximate surface area is 163 Å². The largest absolute Gasteiger partial charge is 0.468 e. The third-order valence-corrected chi connectivity index (χ3v) is 7.05. The van der Waals surface area contributed by atoms with Gasteiger partial charge >= 0.3 is 6.03 Å². The van der Waals surface area contributed by atoms with Gasteiger partial charge in [0.15, 0.2) is 21.3 Å². The molecule has 1 aromatic carbocycles. The zero-order chi connectivity index (χ0) is 19.6. The van der Waals surface area contributed by atoms with Crippen LogP contribution in [0.1, 0.15) is 30.3 Å². The fraction of sp³-hybridized carbons (Fsp3) is 0.421. The maximum Gasteiger partial charge on any atom is 0.317 e. The normalized spacial score (nSPS) is 17.4. The van der Waals surface area contributed by atoms with Crippen molar-refractivity contribution in [2.45, 2.75) is 29.4 Å². The molecule has 0 unspecified atom stereocenters. The Morgan fingerprint density at radius 1 is 1.11 bits per heavy atom. The van der Waals surface area contributed by atoms with Crippen LogP contribution in [0.4, 0.5) is 4.79 Å². The van der Waals surface area contributed by atoms with Crippen LogP contribution < -0.4 is 14.8 Å². The fourth-order valence-electron chi connectivity index (χ4n) is 3.44. The van der Waals surface area contributed by atoms with Gasteiger partial charge in [0.25, 0.3) is 0 Å². The molecule has 3 heterocycles. The summed E-state index contributed by atoms with van der Waals surface area (Å²) in [6.07, 6.45) is 4.45. The number of sulfone groups is 1. The molecule has 0 radical (unpaired) electrons. The van der Waals surface area contributed by atoms with Crippen molar-refractivity contribution >= 4 is 15.9 Å². The highest BCUT2D eigenvalue weighted by Crippen LogP contribution is 2.37. The van der Waals surface area contributed by atoms with Crippen LogP contribution >= 0.6 is 0 Å². The molecule has 2 amide bonds. The number of benzene rings is 1. The van der Waals surface area contributed by atoms with Gasteiger partial charge in [-0.3, -0.25) is 0 Å². The Hall–Kier alpha value is -2.68. The van der Waals surface area contributed by atoms with E-state index in [1.54, 1.807) is 23.1 Å². The summed E-state index contributed by atoms with van der Waals surface area (Å²) in [7, 11) is -3.83. The van der Waals surface area contributed by atoms with Crippen molar-refractivity contribution in [3.63, 3.8) is 0 Å². The number of urea groups is 1. The number of carbonyl (C=O) groups excluding carboxylic acids is 1. The first kappa shape index (κ1) is 18.7. The minimum atomic E-state index is -3.83. The molecule has 1 atom stereocenters. The Morgan fingerprint density at radius 3 is 2.64 bits per heavy atom. The summed E-state index contributed by atoms with van der Waals surface area (Å²) in [5.74, 6) is 1.17. The average Bonchev–Trinajstić information content (AvgIpc) is 3.40. The molecular formula is C19H22N2O6S. The molecule has 2 aromatic rings. The Bertz CT molecular complexity index is 935. The standard InChI is InChI=1S/C19H22N2O6S/c22-19(21-8-2-1-3-9-21)20-12-18(16-5-4-10-25-16)28(23,24)14-6-7-15-17(11-14)27-13-26-15/h4-7,10-11,18H,1-3,8-9,12-13H2,(H,20,22)/t18-/m1/s1. The van der Waals surface area contributed by atoms with E-state index in [1.165, 1.54) is 18.4 Å². The number of likely N-dealkylation sites (tertiary alicyclic amines) is 1. The number of fused-ring (bicyclic) bond motifs is 1. The highest BCUT2D eigenvalue weighted by molar-refractivity contribution is 7.91. The molecule has 1 saturated heterocycles. The molecule has 1 N–H and O–H groups in total. The molecule has 9 heteroatoms. The monoisotopic (exact) mass is 406 g/mol. The van der Waals surface area contributed by atoms with Crippen LogP contribution in [-0.2, 0) is 9.84 Å². The van der Waals surface area contributed by atoms with Crippen LogP contribution in [0.3, 0.4) is 0 Å². The number of furan rings is 1. The van der Waals surface area contributed by atoms with Crippen molar-refractivity contribution in [1.29, 1.82) is 0 Å². The second-order valence-corrected chi connectivity index (χ2v) is 8.93. The topological polar surface area (TPSA) is 98.1 Å². The van der Waals surface area contributed by atoms with Gasteiger partial charge < -0.3 is 24.1 Å². The Morgan fingerprint density at radius 2 is 1.89 bits per heavy atom. The highest BCUT2D eigenvalue weighted by atomic mass is 32.2. The Balaban J connectivity index is 1.56. The zero-order valence-electron chi connectivity index (χ0n) is 15.3. The lowest BCUT2D eigenvalue weighted by molar-refractivity contribution is 0.174. The molecule has 2 aliphatic rings. The minimum absolute atomic E-state index is 0.0618. The van der Waals surface area contributed by atoms with Crippen molar-refractivity contribution in [3.8, 4) is 11.5 Å². The molecule has 0 aliphatic carbocycles. The molecule has 0 spiro atoms. The van der Waals surface area contributed by atoms with E-state index < -0.39 is 15.1 Å². The first-order valence-corrected chi connectivity index (χ1v) is 10.8. The lowest BCUT2D eigenvalue weighted by Gasteiger charge is -2.27. The van der Waals surface area contributed by atoms with Crippen LogP contribution in [0.5, 0.6) is 11.5 Å². The number of nitrogens with one attached hydrogen (secondary N) is 1. The summed E-state index contributed by atoms with van der Waals surface area (Å²) in [5.41, 5.74) is 0. The second kappa shape index (κ2) is 7.75. The lowest BCUT2D eigenvalue weighted by Crippen LogP contribution is -2.44. The minimum Gasteiger partial charge on any atom is -0.468 e. The van der Waals surface area contributed by atoms with Crippen molar-refractivity contribution in [2.75, 3.05) is 26.4 Å². The lowest BCUT2D eigenvalue weighted by atomic mass is 10.1. The molecule has 1 aromatic heterocycles. The first-order valence-electron chi connectivity index (χ1n) is 9.25. The van der Waals surface area contributed by atoms with E-state index in [-0.39, 0.29) is 30.0 Å². The van der Waals surface area contributed by atoms with Crippen molar-refractivity contribution in [2.24, 2.45) is 0 Å². The van der Waals surface area contributed by atoms with Gasteiger partial charge in [0, 0.05) is 25.7 Å². The van der Waals surface area contributed by atoms with Gasteiger partial charge in [-0.1, -0.05) is 0 Å². The molecule has 8 nitrogen and oxygen atoms in total. The highest BCUT2D eigenvalue weighted by Gasteiger charge is 2.33. The third kappa shape index (κ3) is 3.66. The maximum absolute atomic E-state index is 13.3. The number of amides is 2. The van der Waals surface area contributed by atoms with Crippen molar-refractivity contribution < 1.29 is 27.1 Å². The van der Waals surface area contributed by atoms with E-state index in [0.29, 0.717) is 24.6 Å². The van der Waals surface area contributed by atoms with E-state index >= 15 is 0 Å². The quantitative estimate of drug-likeness (QED) is 0.820. The maximum atomic E-state index is 13.3. The third-order valence-electron chi connectivity index (χ3n) is 4.99. The number of hydrogen-bond donors (Lipinski definition) is 1. The summed E-state index contributed by atoms with van der Waals surface area (Å²) in [6, 6.07) is 7.47. The van der Waals surface area contributed by atoms with Crippen LogP contribution in [0.2, 0.25) is 0 Å². The number of nitrogens with zero attached hydrogens (tertiary/aromatic N) is 1. The summed E-state index contributed by atoms with van der Waals surface area (Å²) in [6.45, 7) is 1.35. The SMILES string of the molecule is O=C(NC[C@H](c1ccco1)S(=O)(=O)c1ccc2c(c1)OCO2)N1CCCCC1. The number of ether oxygens (including phenoxy) is 2. The van der Waals surface area contributed by atoms with E-state index in [0.717, 1.165) is 19.3 Å². The summed E-state index contributed by atoms with van der Waals surface area (Å²) >= 11 is 0. The van der Waals surface area contributed by atoms with Crippen LogP contribution in [0.25, 0.3) is 0 Å². The van der Waals surface area contributed by atoms with E-state index in [9.17, 15) is 13.2 Å². The molecule has 2 aliphatic heterocycles. The molecule has 1 fully saturated rings. The molecule has 0 bridgehead atoms. The number of piperidine rings is 1. The molecule has 4 rings (SSSR count). The summed E-state index contributed by atoms with van der Waals surface area (Å²) < 4.78 is 42.5. The van der Waals surface area contributed by atoms with Gasteiger partial charge in [-0.15, -0.1) is 0 Å². The molecule has 0 saturated carbocycles. The number of rotatable bonds is 5. The predicted molar refractivity (Wildman–Crippen MR) is 100 cm³/mol. The van der Waals surface area contributed by atoms with Crippen molar-refractivity contribution in [1.82, 2.24) is 10.2 Å². The average molecular weight is 406 g/mol. The van der Waals surface area contributed by atoms with Crippen molar-refractivity contribution in [3.05, 3.63) is 42.4 Å². The Kier molecular flexibility index (Phi) is 5.17.